The van der Waals surface area contributed by atoms with E-state index in [2.05, 4.69) is 0 Å². The molecule has 0 heterocycles. The molecule has 60 valence electrons. The molecule has 0 aromatic rings. The Kier molecular flexibility index (Phi) is 4.33. The number of rotatable bonds is 3. The maximum absolute atomic E-state index is 5.32. The Morgan fingerprint density at radius 3 is 2.60 bits per heavy atom. The second-order valence-electron chi connectivity index (χ2n) is 3.29. The van der Waals surface area contributed by atoms with Crippen LogP contribution in [0.2, 0.25) is 6.04 Å². The zero-order chi connectivity index (χ0) is 7.23. The highest BCUT2D eigenvalue weighted by molar-refractivity contribution is 6.34. The third-order valence-electron chi connectivity index (χ3n) is 2.45. The molecule has 0 saturated heterocycles. The first kappa shape index (κ1) is 8.49. The topological polar surface area (TPSA) is 9.23 Å². The minimum absolute atomic E-state index is 0.0614. The van der Waals surface area contributed by atoms with Gasteiger partial charge in [-0.2, -0.15) is 0 Å². The summed E-state index contributed by atoms with van der Waals surface area (Å²) in [4.78, 5) is 0. The monoisotopic (exact) mass is 174 g/mol. The van der Waals surface area contributed by atoms with E-state index >= 15 is 0 Å². The predicted molar refractivity (Wildman–Crippen MR) is 51.0 cm³/mol. The third kappa shape index (κ3) is 2.99. The Hall–Kier alpha value is 0.394. The van der Waals surface area contributed by atoms with E-state index in [1.807, 2.05) is 0 Å². The van der Waals surface area contributed by atoms with Crippen molar-refractivity contribution in [3.8, 4) is 0 Å². The van der Waals surface area contributed by atoms with Crippen LogP contribution in [0.1, 0.15) is 32.1 Å². The van der Waals surface area contributed by atoms with E-state index < -0.39 is 0 Å². The lowest BCUT2D eigenvalue weighted by atomic mass is 9.91. The fraction of sp³-hybridized carbons (Fsp3) is 1.00. The van der Waals surface area contributed by atoms with E-state index in [1.165, 1.54) is 38.1 Å². The molecule has 0 radical (unpaired) electrons. The Morgan fingerprint density at radius 1 is 1.30 bits per heavy atom. The Morgan fingerprint density at radius 2 is 2.00 bits per heavy atom. The van der Waals surface area contributed by atoms with Gasteiger partial charge in [0.05, 0.1) is 0 Å². The average Bonchev–Trinajstić information content (AvgIpc) is 2.03. The first-order chi connectivity index (χ1) is 4.93. The van der Waals surface area contributed by atoms with Gasteiger partial charge in [-0.1, -0.05) is 32.1 Å². The summed E-state index contributed by atoms with van der Waals surface area (Å²) in [5, 5.41) is 0. The highest BCUT2D eigenvalue weighted by atomic mass is 28.3. The summed E-state index contributed by atoms with van der Waals surface area (Å²) < 4.78 is 5.32. The van der Waals surface area contributed by atoms with Crippen molar-refractivity contribution >= 4 is 20.2 Å². The zero-order valence-electron chi connectivity index (χ0n) is 6.94. The molecule has 0 spiro atoms. The van der Waals surface area contributed by atoms with Crippen molar-refractivity contribution in [1.82, 2.24) is 0 Å². The Labute approximate surface area is 69.0 Å². The molecule has 1 saturated carbocycles. The van der Waals surface area contributed by atoms with Crippen molar-refractivity contribution in [3.63, 3.8) is 0 Å². The molecule has 0 atom stereocenters. The molecular formula is C7H18OSi2. The lowest BCUT2D eigenvalue weighted by Crippen LogP contribution is -2.09. The molecular weight excluding hydrogens is 156 g/mol. The summed E-state index contributed by atoms with van der Waals surface area (Å²) in [6.07, 6.45) is 7.45. The van der Waals surface area contributed by atoms with Crippen LogP contribution < -0.4 is 0 Å². The van der Waals surface area contributed by atoms with Crippen molar-refractivity contribution in [2.75, 3.05) is 0 Å². The third-order valence-corrected chi connectivity index (χ3v) is 5.14. The van der Waals surface area contributed by atoms with Gasteiger partial charge in [-0.05, 0) is 12.0 Å². The van der Waals surface area contributed by atoms with Crippen LogP contribution in [0.4, 0.5) is 0 Å². The van der Waals surface area contributed by atoms with Crippen molar-refractivity contribution in [2.24, 2.45) is 5.92 Å². The highest BCUT2D eigenvalue weighted by Crippen LogP contribution is 2.26. The molecule has 1 aliphatic rings. The van der Waals surface area contributed by atoms with Crippen LogP contribution >= 0.6 is 0 Å². The molecule has 0 bridgehead atoms. The van der Waals surface area contributed by atoms with Gasteiger partial charge in [-0.25, -0.2) is 0 Å². The van der Waals surface area contributed by atoms with E-state index in [9.17, 15) is 0 Å². The molecule has 0 aromatic heterocycles. The van der Waals surface area contributed by atoms with Gasteiger partial charge < -0.3 is 4.12 Å². The molecule has 0 unspecified atom stereocenters. The van der Waals surface area contributed by atoms with E-state index in [4.69, 9.17) is 4.12 Å². The molecule has 1 rings (SSSR count). The van der Waals surface area contributed by atoms with Crippen molar-refractivity contribution in [3.05, 3.63) is 0 Å². The molecule has 0 aliphatic heterocycles. The lowest BCUT2D eigenvalue weighted by Gasteiger charge is -2.20. The van der Waals surface area contributed by atoms with Crippen LogP contribution in [0, 0.1) is 5.92 Å². The van der Waals surface area contributed by atoms with Gasteiger partial charge in [0.25, 0.3) is 0 Å². The van der Waals surface area contributed by atoms with Crippen molar-refractivity contribution < 1.29 is 4.12 Å². The molecule has 0 amide bonds. The highest BCUT2D eigenvalue weighted by Gasteiger charge is 2.12. The van der Waals surface area contributed by atoms with Crippen LogP contribution in [0.3, 0.4) is 0 Å². The first-order valence-electron chi connectivity index (χ1n) is 4.42. The van der Waals surface area contributed by atoms with Crippen LogP contribution in [-0.2, 0) is 4.12 Å². The molecule has 3 heteroatoms. The van der Waals surface area contributed by atoms with Gasteiger partial charge in [0.15, 0.2) is 0 Å². The summed E-state index contributed by atoms with van der Waals surface area (Å²) in [6, 6.07) is 1.46. The molecule has 1 fully saturated rings. The molecule has 0 aromatic carbocycles. The summed E-state index contributed by atoms with van der Waals surface area (Å²) >= 11 is 0. The SMILES string of the molecule is [SiH3]O[SiH2]CC1CCCCC1. The summed E-state index contributed by atoms with van der Waals surface area (Å²) in [5.41, 5.74) is 0. The van der Waals surface area contributed by atoms with E-state index in [0.717, 1.165) is 16.4 Å². The van der Waals surface area contributed by atoms with Gasteiger partial charge >= 0.3 is 0 Å². The predicted octanol–water partition coefficient (Wildman–Crippen LogP) is 0.366. The zero-order valence-corrected chi connectivity index (χ0v) is 10.3. The van der Waals surface area contributed by atoms with E-state index in [1.54, 1.807) is 0 Å². The minimum atomic E-state index is -0.0614. The number of hydrogen-bond donors (Lipinski definition) is 0. The van der Waals surface area contributed by atoms with Gasteiger partial charge in [-0.15, -0.1) is 0 Å². The summed E-state index contributed by atoms with van der Waals surface area (Å²) in [5.74, 6) is 1.06. The van der Waals surface area contributed by atoms with Crippen LogP contribution in [0.5, 0.6) is 0 Å². The van der Waals surface area contributed by atoms with Gasteiger partial charge in [0.2, 0.25) is 0 Å². The summed E-state index contributed by atoms with van der Waals surface area (Å²) in [6.45, 7) is 0. The normalized spacial score (nSPS) is 22.8. The second-order valence-corrected chi connectivity index (χ2v) is 6.58. The van der Waals surface area contributed by atoms with Crippen LogP contribution in [0.25, 0.3) is 0 Å². The molecule has 1 aliphatic carbocycles. The molecule has 0 N–H and O–H groups in total. The summed E-state index contributed by atoms with van der Waals surface area (Å²) in [7, 11) is 0.919. The van der Waals surface area contributed by atoms with Crippen LogP contribution in [-0.4, -0.2) is 20.2 Å². The second kappa shape index (κ2) is 5.10. The van der Waals surface area contributed by atoms with Gasteiger partial charge in [0.1, 0.15) is 20.2 Å². The smallest absolute Gasteiger partial charge is 0.146 e. The first-order valence-corrected chi connectivity index (χ1v) is 6.82. The largest absolute Gasteiger partial charge is 0.468 e. The fourth-order valence-electron chi connectivity index (χ4n) is 1.76. The number of hydrogen-bond acceptors (Lipinski definition) is 1. The Bertz CT molecular complexity index is 81.7. The van der Waals surface area contributed by atoms with E-state index in [-0.39, 0.29) is 9.76 Å². The minimum Gasteiger partial charge on any atom is -0.468 e. The van der Waals surface area contributed by atoms with Crippen molar-refractivity contribution in [2.45, 2.75) is 38.1 Å². The van der Waals surface area contributed by atoms with E-state index in [0.29, 0.717) is 0 Å². The van der Waals surface area contributed by atoms with Gasteiger partial charge in [0, 0.05) is 0 Å². The van der Waals surface area contributed by atoms with Crippen molar-refractivity contribution in [1.29, 1.82) is 0 Å². The average molecular weight is 174 g/mol. The van der Waals surface area contributed by atoms with Gasteiger partial charge in [-0.3, -0.25) is 0 Å². The fourth-order valence-corrected chi connectivity index (χ4v) is 3.61. The Balaban J connectivity index is 2.02. The quantitative estimate of drug-likeness (QED) is 0.562. The maximum atomic E-state index is 5.32. The maximum Gasteiger partial charge on any atom is 0.146 e. The molecule has 1 nitrogen and oxygen atoms in total. The molecule has 10 heavy (non-hydrogen) atoms. The van der Waals surface area contributed by atoms with Crippen LogP contribution in [0.15, 0.2) is 0 Å². The standard InChI is InChI=1S/C7H18OSi2/c9-8-10-6-7-4-2-1-3-5-7/h7H,1-6,10H2,9H3. The lowest BCUT2D eigenvalue weighted by molar-refractivity contribution is 0.379.